The average Bonchev–Trinajstić information content (AvgIpc) is 3.09. The van der Waals surface area contributed by atoms with E-state index in [1.54, 1.807) is 18.3 Å². The Hall–Kier alpha value is -2.26. The number of piperidine rings is 1. The van der Waals surface area contributed by atoms with E-state index < -0.39 is 21.9 Å². The number of aliphatic carboxylic acids is 1. The lowest BCUT2D eigenvalue weighted by atomic mass is 10.0. The van der Waals surface area contributed by atoms with E-state index in [4.69, 9.17) is 5.11 Å². The summed E-state index contributed by atoms with van der Waals surface area (Å²) in [6.45, 7) is 0.361. The summed E-state index contributed by atoms with van der Waals surface area (Å²) >= 11 is 0. The molecule has 1 unspecified atom stereocenters. The fourth-order valence-corrected chi connectivity index (χ4v) is 4.15. The SMILES string of the molecule is O=C(O)C1CCCN(S(=O)(=O)c2ccc(-n3ccnn3)cc2)C1. The summed E-state index contributed by atoms with van der Waals surface area (Å²) in [4.78, 5) is 11.2. The monoisotopic (exact) mass is 336 g/mol. The van der Waals surface area contributed by atoms with Gasteiger partial charge in [0.1, 0.15) is 0 Å². The van der Waals surface area contributed by atoms with E-state index in [-0.39, 0.29) is 11.4 Å². The summed E-state index contributed by atoms with van der Waals surface area (Å²) in [6.07, 6.45) is 4.25. The number of hydrogen-bond donors (Lipinski definition) is 1. The molecule has 0 saturated carbocycles. The van der Waals surface area contributed by atoms with Gasteiger partial charge in [0.05, 0.1) is 28.9 Å². The van der Waals surface area contributed by atoms with Gasteiger partial charge in [-0.2, -0.15) is 4.31 Å². The Labute approximate surface area is 133 Å². The minimum absolute atomic E-state index is 0.0164. The highest BCUT2D eigenvalue weighted by Gasteiger charge is 2.33. The molecule has 0 spiro atoms. The Morgan fingerprint density at radius 2 is 2.00 bits per heavy atom. The van der Waals surface area contributed by atoms with Crippen molar-refractivity contribution >= 4 is 16.0 Å². The van der Waals surface area contributed by atoms with Gasteiger partial charge >= 0.3 is 5.97 Å². The largest absolute Gasteiger partial charge is 0.481 e. The zero-order valence-corrected chi connectivity index (χ0v) is 13.1. The fourth-order valence-electron chi connectivity index (χ4n) is 2.63. The molecule has 1 saturated heterocycles. The highest BCUT2D eigenvalue weighted by atomic mass is 32.2. The van der Waals surface area contributed by atoms with Crippen LogP contribution in [0.3, 0.4) is 0 Å². The standard InChI is InChI=1S/C14H16N4O4S/c19-14(20)11-2-1-8-17(10-11)23(21,22)13-5-3-12(4-6-13)18-9-7-15-16-18/h3-7,9,11H,1-2,8,10H2,(H,19,20). The van der Waals surface area contributed by atoms with Crippen LogP contribution in [0.25, 0.3) is 5.69 Å². The first-order valence-electron chi connectivity index (χ1n) is 7.18. The lowest BCUT2D eigenvalue weighted by Crippen LogP contribution is -2.42. The molecular weight excluding hydrogens is 320 g/mol. The van der Waals surface area contributed by atoms with Gasteiger partial charge in [0, 0.05) is 13.1 Å². The van der Waals surface area contributed by atoms with Gasteiger partial charge < -0.3 is 5.11 Å². The normalized spacial score (nSPS) is 19.6. The van der Waals surface area contributed by atoms with E-state index in [2.05, 4.69) is 10.3 Å². The summed E-state index contributed by atoms with van der Waals surface area (Å²) in [5.41, 5.74) is 0.698. The molecule has 8 nitrogen and oxygen atoms in total. The Balaban J connectivity index is 1.83. The van der Waals surface area contributed by atoms with E-state index in [9.17, 15) is 13.2 Å². The van der Waals surface area contributed by atoms with E-state index in [0.29, 0.717) is 25.1 Å². The van der Waals surface area contributed by atoms with Gasteiger partial charge in [0.2, 0.25) is 10.0 Å². The molecule has 9 heteroatoms. The van der Waals surface area contributed by atoms with Crippen LogP contribution in [0.4, 0.5) is 0 Å². The van der Waals surface area contributed by atoms with Crippen molar-refractivity contribution in [2.24, 2.45) is 5.92 Å². The molecule has 2 aromatic rings. The minimum Gasteiger partial charge on any atom is -0.481 e. The first-order valence-corrected chi connectivity index (χ1v) is 8.62. The number of carboxylic acids is 1. The fraction of sp³-hybridized carbons (Fsp3) is 0.357. The molecule has 1 fully saturated rings. The maximum absolute atomic E-state index is 12.7. The van der Waals surface area contributed by atoms with Crippen molar-refractivity contribution in [3.63, 3.8) is 0 Å². The summed E-state index contributed by atoms with van der Waals surface area (Å²) in [5, 5.41) is 16.6. The van der Waals surface area contributed by atoms with Gasteiger partial charge in [0.15, 0.2) is 0 Å². The van der Waals surface area contributed by atoms with E-state index >= 15 is 0 Å². The number of carbonyl (C=O) groups is 1. The van der Waals surface area contributed by atoms with Gasteiger partial charge in [-0.1, -0.05) is 5.21 Å². The molecule has 1 aliphatic heterocycles. The van der Waals surface area contributed by atoms with Gasteiger partial charge in [-0.05, 0) is 37.1 Å². The summed E-state index contributed by atoms with van der Waals surface area (Å²) in [6, 6.07) is 6.27. The van der Waals surface area contributed by atoms with Crippen molar-refractivity contribution in [3.8, 4) is 5.69 Å². The molecule has 1 atom stereocenters. The molecule has 0 amide bonds. The zero-order valence-electron chi connectivity index (χ0n) is 12.2. The molecule has 1 aliphatic rings. The molecule has 0 radical (unpaired) electrons. The summed E-state index contributed by atoms with van der Waals surface area (Å²) < 4.78 is 28.1. The van der Waals surface area contributed by atoms with Crippen LogP contribution in [0.15, 0.2) is 41.6 Å². The van der Waals surface area contributed by atoms with Crippen LogP contribution in [-0.2, 0) is 14.8 Å². The van der Waals surface area contributed by atoms with Crippen molar-refractivity contribution in [1.29, 1.82) is 0 Å². The molecule has 0 bridgehead atoms. The molecule has 1 aromatic carbocycles. The molecule has 23 heavy (non-hydrogen) atoms. The number of sulfonamides is 1. The number of aromatic nitrogens is 3. The van der Waals surface area contributed by atoms with Crippen LogP contribution in [0, 0.1) is 5.92 Å². The summed E-state index contributed by atoms with van der Waals surface area (Å²) in [5.74, 6) is -1.60. The molecule has 0 aliphatic carbocycles. The van der Waals surface area contributed by atoms with Crippen LogP contribution >= 0.6 is 0 Å². The number of carboxylic acid groups (broad SMARTS) is 1. The van der Waals surface area contributed by atoms with Gasteiger partial charge in [-0.15, -0.1) is 5.10 Å². The van der Waals surface area contributed by atoms with Gasteiger partial charge in [0.25, 0.3) is 0 Å². The maximum atomic E-state index is 12.7. The quantitative estimate of drug-likeness (QED) is 0.883. The second-order valence-corrected chi connectivity index (χ2v) is 7.32. The smallest absolute Gasteiger partial charge is 0.307 e. The molecule has 122 valence electrons. The van der Waals surface area contributed by atoms with Crippen LogP contribution in [0.2, 0.25) is 0 Å². The van der Waals surface area contributed by atoms with Crippen molar-refractivity contribution in [2.75, 3.05) is 13.1 Å². The molecule has 2 heterocycles. The van der Waals surface area contributed by atoms with Crippen LogP contribution in [0.5, 0.6) is 0 Å². The first-order chi connectivity index (χ1) is 11.0. The summed E-state index contributed by atoms with van der Waals surface area (Å²) in [7, 11) is -3.69. The van der Waals surface area contributed by atoms with Crippen molar-refractivity contribution < 1.29 is 18.3 Å². The van der Waals surface area contributed by atoms with Crippen LogP contribution < -0.4 is 0 Å². The highest BCUT2D eigenvalue weighted by molar-refractivity contribution is 7.89. The highest BCUT2D eigenvalue weighted by Crippen LogP contribution is 2.24. The topological polar surface area (TPSA) is 105 Å². The maximum Gasteiger partial charge on any atom is 0.307 e. The third-order valence-electron chi connectivity index (χ3n) is 3.89. The third kappa shape index (κ3) is 3.10. The number of benzene rings is 1. The van der Waals surface area contributed by atoms with Gasteiger partial charge in [-0.3, -0.25) is 4.79 Å². The minimum atomic E-state index is -3.69. The van der Waals surface area contributed by atoms with E-state index in [0.717, 1.165) is 0 Å². The Bertz CT molecular complexity index is 787. The predicted octanol–water partition coefficient (Wildman–Crippen LogP) is 0.753. The lowest BCUT2D eigenvalue weighted by Gasteiger charge is -2.29. The molecular formula is C14H16N4O4S. The van der Waals surface area contributed by atoms with Crippen molar-refractivity contribution in [2.45, 2.75) is 17.7 Å². The van der Waals surface area contributed by atoms with Gasteiger partial charge in [-0.25, -0.2) is 13.1 Å². The average molecular weight is 336 g/mol. The Morgan fingerprint density at radius 3 is 2.61 bits per heavy atom. The number of rotatable bonds is 4. The lowest BCUT2D eigenvalue weighted by molar-refractivity contribution is -0.142. The molecule has 1 N–H and O–H groups in total. The van der Waals surface area contributed by atoms with E-state index in [1.807, 2.05) is 0 Å². The van der Waals surface area contributed by atoms with E-state index in [1.165, 1.54) is 27.3 Å². The zero-order chi connectivity index (χ0) is 16.4. The van der Waals surface area contributed by atoms with Crippen LogP contribution in [-0.4, -0.2) is 51.9 Å². The molecule has 3 rings (SSSR count). The predicted molar refractivity (Wildman–Crippen MR) is 80.5 cm³/mol. The first kappa shape index (κ1) is 15.6. The Morgan fingerprint density at radius 1 is 1.26 bits per heavy atom. The second-order valence-electron chi connectivity index (χ2n) is 5.38. The second kappa shape index (κ2) is 6.09. The van der Waals surface area contributed by atoms with Crippen molar-refractivity contribution in [1.82, 2.24) is 19.3 Å². The number of nitrogens with zero attached hydrogens (tertiary/aromatic N) is 4. The van der Waals surface area contributed by atoms with Crippen LogP contribution in [0.1, 0.15) is 12.8 Å². The van der Waals surface area contributed by atoms with Crippen molar-refractivity contribution in [3.05, 3.63) is 36.7 Å². The Kier molecular flexibility index (Phi) is 4.14. The molecule has 1 aromatic heterocycles. The number of hydrogen-bond acceptors (Lipinski definition) is 5. The third-order valence-corrected chi connectivity index (χ3v) is 5.77.